The smallest absolute Gasteiger partial charge is 0.246 e. The van der Waals surface area contributed by atoms with E-state index >= 15 is 0 Å². The molecule has 0 aromatic heterocycles. The highest BCUT2D eigenvalue weighted by Crippen LogP contribution is 2.01. The fourth-order valence-electron chi connectivity index (χ4n) is 0.985. The van der Waals surface area contributed by atoms with E-state index in [-0.39, 0.29) is 18.3 Å². The number of carbonyl (C=O) groups excluding carboxylic acids is 1. The second-order valence-corrected chi connectivity index (χ2v) is 2.84. The summed E-state index contributed by atoms with van der Waals surface area (Å²) in [6, 6.07) is 5.97. The lowest BCUT2D eigenvalue weighted by Gasteiger charge is -2.03. The van der Waals surface area contributed by atoms with Crippen LogP contribution in [0.5, 0.6) is 0 Å². The highest BCUT2D eigenvalue weighted by molar-refractivity contribution is 5.77. The van der Waals surface area contributed by atoms with Crippen molar-refractivity contribution < 1.29 is 13.9 Å². The first-order valence-electron chi connectivity index (χ1n) is 4.22. The van der Waals surface area contributed by atoms with Gasteiger partial charge in [-0.25, -0.2) is 4.39 Å². The predicted molar refractivity (Wildman–Crippen MR) is 50.1 cm³/mol. The minimum Gasteiger partial charge on any atom is -0.375 e. The van der Waals surface area contributed by atoms with Gasteiger partial charge in [0, 0.05) is 13.7 Å². The maximum atomic E-state index is 12.5. The number of amides is 1. The van der Waals surface area contributed by atoms with Crippen molar-refractivity contribution >= 4 is 5.91 Å². The topological polar surface area (TPSA) is 38.3 Å². The van der Waals surface area contributed by atoms with E-state index < -0.39 is 0 Å². The van der Waals surface area contributed by atoms with E-state index in [1.54, 1.807) is 12.1 Å². The van der Waals surface area contributed by atoms with Gasteiger partial charge in [-0.15, -0.1) is 0 Å². The number of rotatable bonds is 4. The lowest BCUT2D eigenvalue weighted by Crippen LogP contribution is -2.26. The normalized spacial score (nSPS) is 9.86. The van der Waals surface area contributed by atoms with E-state index in [0.29, 0.717) is 6.54 Å². The van der Waals surface area contributed by atoms with Crippen molar-refractivity contribution in [3.63, 3.8) is 0 Å². The van der Waals surface area contributed by atoms with Crippen molar-refractivity contribution in [3.8, 4) is 0 Å². The van der Waals surface area contributed by atoms with Gasteiger partial charge in [-0.2, -0.15) is 0 Å². The number of ether oxygens (including phenoxy) is 1. The first-order valence-corrected chi connectivity index (χ1v) is 4.22. The lowest BCUT2D eigenvalue weighted by molar-refractivity contribution is -0.124. The standard InChI is InChI=1S/C10H12FNO2/c1-14-7-10(13)12-6-8-2-4-9(11)5-3-8/h2-5H,6-7H2,1H3,(H,12,13). The second-order valence-electron chi connectivity index (χ2n) is 2.84. The van der Waals surface area contributed by atoms with Crippen LogP contribution in [0.25, 0.3) is 0 Å². The molecule has 0 atom stereocenters. The number of carbonyl (C=O) groups is 1. The maximum absolute atomic E-state index is 12.5. The third kappa shape index (κ3) is 3.53. The Morgan fingerprint density at radius 3 is 2.64 bits per heavy atom. The maximum Gasteiger partial charge on any atom is 0.246 e. The van der Waals surface area contributed by atoms with Crippen LogP contribution in [0.4, 0.5) is 4.39 Å². The zero-order chi connectivity index (χ0) is 10.4. The van der Waals surface area contributed by atoms with Crippen molar-refractivity contribution in [1.82, 2.24) is 5.32 Å². The number of halogens is 1. The molecule has 1 rings (SSSR count). The van der Waals surface area contributed by atoms with E-state index in [4.69, 9.17) is 0 Å². The Morgan fingerprint density at radius 2 is 2.07 bits per heavy atom. The SMILES string of the molecule is COCC(=O)NCc1ccc(F)cc1. The van der Waals surface area contributed by atoms with Gasteiger partial charge >= 0.3 is 0 Å². The van der Waals surface area contributed by atoms with Gasteiger partial charge in [0.05, 0.1) is 0 Å². The third-order valence-electron chi connectivity index (χ3n) is 1.68. The summed E-state index contributed by atoms with van der Waals surface area (Å²) in [7, 11) is 1.46. The van der Waals surface area contributed by atoms with Crippen molar-refractivity contribution in [2.45, 2.75) is 6.54 Å². The van der Waals surface area contributed by atoms with Crippen LogP contribution in [0, 0.1) is 5.82 Å². The van der Waals surface area contributed by atoms with E-state index in [9.17, 15) is 9.18 Å². The first kappa shape index (κ1) is 10.7. The molecule has 3 nitrogen and oxygen atoms in total. The third-order valence-corrected chi connectivity index (χ3v) is 1.68. The van der Waals surface area contributed by atoms with Crippen LogP contribution in [0.2, 0.25) is 0 Å². The molecule has 0 fully saturated rings. The fraction of sp³-hybridized carbons (Fsp3) is 0.300. The van der Waals surface area contributed by atoms with Gasteiger partial charge in [0.15, 0.2) is 0 Å². The van der Waals surface area contributed by atoms with Crippen LogP contribution in [0.15, 0.2) is 24.3 Å². The highest BCUT2D eigenvalue weighted by Gasteiger charge is 1.99. The summed E-state index contributed by atoms with van der Waals surface area (Å²) in [5.74, 6) is -0.464. The molecule has 1 N–H and O–H groups in total. The summed E-state index contributed by atoms with van der Waals surface area (Å²) in [4.78, 5) is 11.0. The molecule has 14 heavy (non-hydrogen) atoms. The molecule has 1 aromatic carbocycles. The Bertz CT molecular complexity index is 297. The van der Waals surface area contributed by atoms with Crippen molar-refractivity contribution in [1.29, 1.82) is 0 Å². The Hall–Kier alpha value is -1.42. The molecule has 0 unspecified atom stereocenters. The van der Waals surface area contributed by atoms with Gasteiger partial charge in [0.2, 0.25) is 5.91 Å². The molecular formula is C10H12FNO2. The molecular weight excluding hydrogens is 185 g/mol. The average molecular weight is 197 g/mol. The Kier molecular flexibility index (Phi) is 4.07. The molecule has 0 bridgehead atoms. The van der Waals surface area contributed by atoms with Gasteiger partial charge in [-0.3, -0.25) is 4.79 Å². The van der Waals surface area contributed by atoms with Crippen molar-refractivity contribution in [2.24, 2.45) is 0 Å². The predicted octanol–water partition coefficient (Wildman–Crippen LogP) is 1.09. The minimum absolute atomic E-state index is 0.0429. The molecule has 0 spiro atoms. The minimum atomic E-state index is -0.281. The molecule has 0 saturated heterocycles. The Balaban J connectivity index is 2.38. The van der Waals surface area contributed by atoms with E-state index in [0.717, 1.165) is 5.56 Å². The molecule has 4 heteroatoms. The largest absolute Gasteiger partial charge is 0.375 e. The Morgan fingerprint density at radius 1 is 1.43 bits per heavy atom. The molecule has 0 aliphatic carbocycles. The van der Waals surface area contributed by atoms with Crippen LogP contribution in [-0.4, -0.2) is 19.6 Å². The van der Waals surface area contributed by atoms with Gasteiger partial charge in [-0.05, 0) is 17.7 Å². The number of hydrogen-bond acceptors (Lipinski definition) is 2. The average Bonchev–Trinajstić information content (AvgIpc) is 2.17. The van der Waals surface area contributed by atoms with Crippen LogP contribution in [0.1, 0.15) is 5.56 Å². The van der Waals surface area contributed by atoms with Crippen LogP contribution in [-0.2, 0) is 16.1 Å². The lowest BCUT2D eigenvalue weighted by atomic mass is 10.2. The molecule has 0 saturated carbocycles. The molecule has 0 heterocycles. The summed E-state index contributed by atoms with van der Waals surface area (Å²) in [6.07, 6.45) is 0. The quantitative estimate of drug-likeness (QED) is 0.784. The molecule has 1 amide bonds. The molecule has 0 aliphatic heterocycles. The highest BCUT2D eigenvalue weighted by atomic mass is 19.1. The van der Waals surface area contributed by atoms with Gasteiger partial charge in [0.1, 0.15) is 12.4 Å². The number of methoxy groups -OCH3 is 1. The van der Waals surface area contributed by atoms with Crippen molar-refractivity contribution in [2.75, 3.05) is 13.7 Å². The summed E-state index contributed by atoms with van der Waals surface area (Å²) in [6.45, 7) is 0.434. The van der Waals surface area contributed by atoms with Gasteiger partial charge in [-0.1, -0.05) is 12.1 Å². The van der Waals surface area contributed by atoms with Crippen LogP contribution < -0.4 is 5.32 Å². The van der Waals surface area contributed by atoms with E-state index in [1.807, 2.05) is 0 Å². The Labute approximate surface area is 81.9 Å². The molecule has 0 aliphatic rings. The monoisotopic (exact) mass is 197 g/mol. The molecule has 1 aromatic rings. The van der Waals surface area contributed by atoms with Crippen LogP contribution in [0.3, 0.4) is 0 Å². The molecule has 0 radical (unpaired) electrons. The first-order chi connectivity index (χ1) is 6.72. The van der Waals surface area contributed by atoms with E-state index in [1.165, 1.54) is 19.2 Å². The number of hydrogen-bond donors (Lipinski definition) is 1. The number of benzene rings is 1. The number of nitrogens with one attached hydrogen (secondary N) is 1. The fourth-order valence-corrected chi connectivity index (χ4v) is 0.985. The summed E-state index contributed by atoms with van der Waals surface area (Å²) in [5, 5.41) is 2.63. The van der Waals surface area contributed by atoms with Crippen LogP contribution >= 0.6 is 0 Å². The summed E-state index contributed by atoms with van der Waals surface area (Å²) < 4.78 is 17.1. The van der Waals surface area contributed by atoms with Gasteiger partial charge in [0.25, 0.3) is 0 Å². The van der Waals surface area contributed by atoms with E-state index in [2.05, 4.69) is 10.1 Å². The zero-order valence-corrected chi connectivity index (χ0v) is 7.92. The van der Waals surface area contributed by atoms with Gasteiger partial charge < -0.3 is 10.1 Å². The van der Waals surface area contributed by atoms with Crippen molar-refractivity contribution in [3.05, 3.63) is 35.6 Å². The molecule has 76 valence electrons. The zero-order valence-electron chi connectivity index (χ0n) is 7.92. The summed E-state index contributed by atoms with van der Waals surface area (Å²) in [5.41, 5.74) is 0.857. The second kappa shape index (κ2) is 5.34. The summed E-state index contributed by atoms with van der Waals surface area (Å²) >= 11 is 0.